The summed E-state index contributed by atoms with van der Waals surface area (Å²) in [4.78, 5) is 28.1. The first-order valence-electron chi connectivity index (χ1n) is 7.86. The Kier molecular flexibility index (Phi) is 4.89. The molecule has 0 spiro atoms. The highest BCUT2D eigenvalue weighted by Gasteiger charge is 2.09. The van der Waals surface area contributed by atoms with Crippen molar-refractivity contribution in [3.63, 3.8) is 0 Å². The summed E-state index contributed by atoms with van der Waals surface area (Å²) in [5.41, 5.74) is 2.35. The van der Waals surface area contributed by atoms with E-state index in [1.54, 1.807) is 43.5 Å². The van der Waals surface area contributed by atoms with Crippen LogP contribution in [-0.4, -0.2) is 23.6 Å². The summed E-state index contributed by atoms with van der Waals surface area (Å²) in [5.74, 6) is -0.389. The van der Waals surface area contributed by atoms with Gasteiger partial charge in [-0.1, -0.05) is 18.2 Å². The van der Waals surface area contributed by atoms with Crippen molar-refractivity contribution in [2.24, 2.45) is 0 Å². The third-order valence-electron chi connectivity index (χ3n) is 3.53. The van der Waals surface area contributed by atoms with E-state index in [9.17, 15) is 9.59 Å². The second-order valence-electron chi connectivity index (χ2n) is 5.26. The summed E-state index contributed by atoms with van der Waals surface area (Å²) in [7, 11) is 0. The number of nitrogens with zero attached hydrogens (tertiary/aromatic N) is 1. The largest absolute Gasteiger partial charge is 0.462 e. The number of ether oxygens (including phenoxy) is 1. The number of anilines is 2. The molecule has 2 N–H and O–H groups in total. The van der Waals surface area contributed by atoms with Crippen LogP contribution in [0.15, 0.2) is 60.8 Å². The van der Waals surface area contributed by atoms with Crippen molar-refractivity contribution in [1.82, 2.24) is 4.98 Å². The van der Waals surface area contributed by atoms with Crippen molar-refractivity contribution in [2.45, 2.75) is 6.92 Å². The molecular weight excluding hydrogens is 318 g/mol. The Labute approximate surface area is 144 Å². The molecule has 0 bridgehead atoms. The number of nitrogens with one attached hydrogen (secondary N) is 2. The highest BCUT2D eigenvalue weighted by Crippen LogP contribution is 2.21. The molecule has 0 unspecified atom stereocenters. The molecule has 0 aliphatic rings. The molecule has 0 aliphatic carbocycles. The first-order chi connectivity index (χ1) is 12.2. The quantitative estimate of drug-likeness (QED) is 0.705. The Balaban J connectivity index is 1.69. The fourth-order valence-electron chi connectivity index (χ4n) is 2.39. The molecule has 2 aromatic carbocycles. The van der Waals surface area contributed by atoms with Gasteiger partial charge in [0.2, 0.25) is 0 Å². The first-order valence-corrected chi connectivity index (χ1v) is 7.86. The molecule has 1 heterocycles. The lowest BCUT2D eigenvalue weighted by molar-refractivity contribution is 0.0526. The monoisotopic (exact) mass is 335 g/mol. The van der Waals surface area contributed by atoms with E-state index >= 15 is 0 Å². The summed E-state index contributed by atoms with van der Waals surface area (Å²) in [6.45, 7) is 2.07. The minimum atomic E-state index is -0.389. The van der Waals surface area contributed by atoms with Gasteiger partial charge in [0.15, 0.2) is 0 Å². The molecule has 2 amide bonds. The molecule has 6 heteroatoms. The van der Waals surface area contributed by atoms with E-state index in [0.717, 1.165) is 10.9 Å². The number of esters is 1. The van der Waals surface area contributed by atoms with E-state index in [1.165, 1.54) is 0 Å². The van der Waals surface area contributed by atoms with Gasteiger partial charge < -0.3 is 15.4 Å². The summed E-state index contributed by atoms with van der Waals surface area (Å²) in [5, 5.41) is 6.45. The lowest BCUT2D eigenvalue weighted by atomic mass is 10.2. The zero-order valence-electron chi connectivity index (χ0n) is 13.7. The van der Waals surface area contributed by atoms with E-state index < -0.39 is 0 Å². The van der Waals surface area contributed by atoms with Gasteiger partial charge in [-0.2, -0.15) is 0 Å². The van der Waals surface area contributed by atoms with Gasteiger partial charge in [-0.3, -0.25) is 4.98 Å². The van der Waals surface area contributed by atoms with Crippen LogP contribution in [0.2, 0.25) is 0 Å². The van der Waals surface area contributed by atoms with Gasteiger partial charge >= 0.3 is 12.0 Å². The molecule has 0 saturated carbocycles. The predicted octanol–water partition coefficient (Wildman–Crippen LogP) is 4.06. The SMILES string of the molecule is CCOC(=O)c1ccc(NC(=O)Nc2cccc3cccnc23)cc1. The Bertz CT molecular complexity index is 902. The van der Waals surface area contributed by atoms with Gasteiger partial charge in [0.25, 0.3) is 0 Å². The molecular formula is C19H17N3O3. The minimum Gasteiger partial charge on any atom is -0.462 e. The van der Waals surface area contributed by atoms with Crippen molar-refractivity contribution >= 4 is 34.3 Å². The number of pyridine rings is 1. The summed E-state index contributed by atoms with van der Waals surface area (Å²) in [6, 6.07) is 15.5. The van der Waals surface area contributed by atoms with Gasteiger partial charge in [-0.25, -0.2) is 9.59 Å². The van der Waals surface area contributed by atoms with E-state index in [1.807, 2.05) is 24.3 Å². The highest BCUT2D eigenvalue weighted by molar-refractivity contribution is 6.05. The maximum Gasteiger partial charge on any atom is 0.338 e. The van der Waals surface area contributed by atoms with Crippen LogP contribution < -0.4 is 10.6 Å². The molecule has 3 aromatic rings. The number of para-hydroxylation sites is 1. The number of carbonyl (C=O) groups excluding carboxylic acids is 2. The Hall–Kier alpha value is -3.41. The van der Waals surface area contributed by atoms with Crippen molar-refractivity contribution in [1.29, 1.82) is 0 Å². The molecule has 0 radical (unpaired) electrons. The average Bonchev–Trinajstić information content (AvgIpc) is 2.63. The number of hydrogen-bond acceptors (Lipinski definition) is 4. The molecule has 0 aliphatic heterocycles. The molecule has 0 saturated heterocycles. The van der Waals surface area contributed by atoms with E-state index in [-0.39, 0.29) is 12.0 Å². The first kappa shape index (κ1) is 16.4. The molecule has 1 aromatic heterocycles. The fourth-order valence-corrected chi connectivity index (χ4v) is 2.39. The van der Waals surface area contributed by atoms with E-state index in [4.69, 9.17) is 4.74 Å². The molecule has 3 rings (SSSR count). The van der Waals surface area contributed by atoms with Crippen LogP contribution in [0, 0.1) is 0 Å². The molecule has 126 valence electrons. The number of aromatic nitrogens is 1. The van der Waals surface area contributed by atoms with Crippen LogP contribution in [0.5, 0.6) is 0 Å². The van der Waals surface area contributed by atoms with Crippen LogP contribution >= 0.6 is 0 Å². The van der Waals surface area contributed by atoms with Gasteiger partial charge in [0.1, 0.15) is 0 Å². The Morgan fingerprint density at radius 2 is 1.76 bits per heavy atom. The summed E-state index contributed by atoms with van der Waals surface area (Å²) in [6.07, 6.45) is 1.68. The van der Waals surface area contributed by atoms with E-state index in [0.29, 0.717) is 23.5 Å². The van der Waals surface area contributed by atoms with Gasteiger partial charge in [-0.05, 0) is 43.3 Å². The topological polar surface area (TPSA) is 80.3 Å². The number of benzene rings is 2. The van der Waals surface area contributed by atoms with Crippen molar-refractivity contribution in [3.8, 4) is 0 Å². The van der Waals surface area contributed by atoms with Crippen molar-refractivity contribution in [2.75, 3.05) is 17.2 Å². The maximum absolute atomic E-state index is 12.2. The Morgan fingerprint density at radius 1 is 1.00 bits per heavy atom. The minimum absolute atomic E-state index is 0.320. The van der Waals surface area contributed by atoms with Gasteiger partial charge in [0, 0.05) is 17.3 Å². The number of fused-ring (bicyclic) bond motifs is 1. The summed E-state index contributed by atoms with van der Waals surface area (Å²) < 4.78 is 4.92. The molecule has 0 atom stereocenters. The second-order valence-corrected chi connectivity index (χ2v) is 5.26. The smallest absolute Gasteiger partial charge is 0.338 e. The standard InChI is InChI=1S/C19H17N3O3/c1-2-25-18(23)14-8-10-15(11-9-14)21-19(24)22-16-7-3-5-13-6-4-12-20-17(13)16/h3-12H,2H2,1H3,(H2,21,22,24). The lowest BCUT2D eigenvalue weighted by Gasteiger charge is -2.10. The number of rotatable bonds is 4. The molecule has 25 heavy (non-hydrogen) atoms. The summed E-state index contributed by atoms with van der Waals surface area (Å²) >= 11 is 0. The third-order valence-corrected chi connectivity index (χ3v) is 3.53. The zero-order valence-corrected chi connectivity index (χ0v) is 13.7. The third kappa shape index (κ3) is 3.92. The fraction of sp³-hybridized carbons (Fsp3) is 0.105. The van der Waals surface area contributed by atoms with Gasteiger partial charge in [-0.15, -0.1) is 0 Å². The molecule has 6 nitrogen and oxygen atoms in total. The number of amides is 2. The second kappa shape index (κ2) is 7.44. The molecule has 0 fully saturated rings. The van der Waals surface area contributed by atoms with Crippen LogP contribution in [-0.2, 0) is 4.74 Å². The normalized spacial score (nSPS) is 10.3. The maximum atomic E-state index is 12.2. The Morgan fingerprint density at radius 3 is 2.52 bits per heavy atom. The van der Waals surface area contributed by atoms with E-state index in [2.05, 4.69) is 15.6 Å². The predicted molar refractivity (Wildman–Crippen MR) is 96.8 cm³/mol. The van der Waals surface area contributed by atoms with Crippen LogP contribution in [0.25, 0.3) is 10.9 Å². The average molecular weight is 335 g/mol. The van der Waals surface area contributed by atoms with Crippen LogP contribution in [0.3, 0.4) is 0 Å². The van der Waals surface area contributed by atoms with Crippen molar-refractivity contribution < 1.29 is 14.3 Å². The van der Waals surface area contributed by atoms with Crippen LogP contribution in [0.1, 0.15) is 17.3 Å². The highest BCUT2D eigenvalue weighted by atomic mass is 16.5. The lowest BCUT2D eigenvalue weighted by Crippen LogP contribution is -2.19. The van der Waals surface area contributed by atoms with Gasteiger partial charge in [0.05, 0.1) is 23.4 Å². The zero-order chi connectivity index (χ0) is 17.6. The van der Waals surface area contributed by atoms with Crippen LogP contribution in [0.4, 0.5) is 16.2 Å². The number of urea groups is 1. The number of hydrogen-bond donors (Lipinski definition) is 2. The number of carbonyl (C=O) groups is 2. The van der Waals surface area contributed by atoms with Crippen molar-refractivity contribution in [3.05, 3.63) is 66.4 Å².